The van der Waals surface area contributed by atoms with Crippen LogP contribution >= 0.6 is 0 Å². The van der Waals surface area contributed by atoms with Crippen molar-refractivity contribution < 1.29 is 9.90 Å². The van der Waals surface area contributed by atoms with Crippen LogP contribution in [0.5, 0.6) is 0 Å². The predicted molar refractivity (Wildman–Crippen MR) is 104 cm³/mol. The van der Waals surface area contributed by atoms with Gasteiger partial charge in [0.05, 0.1) is 5.92 Å². The Hall–Kier alpha value is -2.24. The van der Waals surface area contributed by atoms with Gasteiger partial charge in [-0.15, -0.1) is 0 Å². The molecule has 1 aromatic carbocycles. The summed E-state index contributed by atoms with van der Waals surface area (Å²) in [5, 5.41) is 9.73. The van der Waals surface area contributed by atoms with Gasteiger partial charge in [0.15, 0.2) is 0 Å². The number of likely N-dealkylation sites (tertiary alicyclic amines) is 2. The first-order valence-electron chi connectivity index (χ1n) is 9.84. The molecule has 0 spiro atoms. The number of nitrogens with zero attached hydrogens (tertiary/aromatic N) is 3. The second-order valence-corrected chi connectivity index (χ2v) is 7.78. The molecule has 2 fully saturated rings. The third kappa shape index (κ3) is 4.20. The fourth-order valence-corrected chi connectivity index (χ4v) is 4.61. The Morgan fingerprint density at radius 1 is 1.07 bits per heavy atom. The van der Waals surface area contributed by atoms with E-state index in [-0.39, 0.29) is 11.8 Å². The molecule has 4 rings (SSSR count). The van der Waals surface area contributed by atoms with E-state index in [0.29, 0.717) is 12.6 Å². The number of pyridine rings is 1. The molecule has 2 aliphatic heterocycles. The maximum absolute atomic E-state index is 11.8. The predicted octanol–water partition coefficient (Wildman–Crippen LogP) is 2.85. The summed E-state index contributed by atoms with van der Waals surface area (Å²) >= 11 is 0. The smallest absolute Gasteiger partial charge is 0.308 e. The molecule has 5 nitrogen and oxygen atoms in total. The second-order valence-electron chi connectivity index (χ2n) is 7.78. The van der Waals surface area contributed by atoms with Crippen LogP contribution in [-0.4, -0.2) is 58.1 Å². The van der Waals surface area contributed by atoms with Gasteiger partial charge in [0.25, 0.3) is 0 Å². The maximum Gasteiger partial charge on any atom is 0.308 e. The molecule has 0 bridgehead atoms. The Morgan fingerprint density at radius 2 is 1.85 bits per heavy atom. The van der Waals surface area contributed by atoms with Gasteiger partial charge in [-0.1, -0.05) is 36.4 Å². The SMILES string of the molecule is O=C(O)[C@@H]1CN(C2CCN(Cc3cccnc3)CC2)C[C@H]1c1ccccc1. The van der Waals surface area contributed by atoms with Crippen LogP contribution < -0.4 is 0 Å². The number of carboxylic acid groups (broad SMARTS) is 1. The highest BCUT2D eigenvalue weighted by Crippen LogP contribution is 2.35. The van der Waals surface area contributed by atoms with Gasteiger partial charge in [-0.2, -0.15) is 0 Å². The Bertz CT molecular complexity index is 745. The van der Waals surface area contributed by atoms with E-state index in [0.717, 1.165) is 44.6 Å². The Morgan fingerprint density at radius 3 is 2.52 bits per heavy atom. The van der Waals surface area contributed by atoms with Gasteiger partial charge in [-0.3, -0.25) is 19.6 Å². The highest BCUT2D eigenvalue weighted by Gasteiger charge is 2.41. The average molecular weight is 365 g/mol. The lowest BCUT2D eigenvalue weighted by Crippen LogP contribution is -2.44. The summed E-state index contributed by atoms with van der Waals surface area (Å²) < 4.78 is 0. The summed E-state index contributed by atoms with van der Waals surface area (Å²) in [6.45, 7) is 4.59. The number of piperidine rings is 1. The molecule has 0 aliphatic carbocycles. The van der Waals surface area contributed by atoms with Crippen molar-refractivity contribution in [3.05, 3.63) is 66.0 Å². The van der Waals surface area contributed by atoms with Crippen LogP contribution in [-0.2, 0) is 11.3 Å². The second kappa shape index (κ2) is 8.19. The van der Waals surface area contributed by atoms with Crippen LogP contribution in [0.25, 0.3) is 0 Å². The maximum atomic E-state index is 11.8. The molecule has 2 atom stereocenters. The van der Waals surface area contributed by atoms with Crippen molar-refractivity contribution in [2.24, 2.45) is 5.92 Å². The third-order valence-electron chi connectivity index (χ3n) is 6.10. The molecule has 5 heteroatoms. The number of carboxylic acids is 1. The molecule has 1 N–H and O–H groups in total. The lowest BCUT2D eigenvalue weighted by molar-refractivity contribution is -0.141. The molecule has 2 aromatic rings. The zero-order valence-electron chi connectivity index (χ0n) is 15.6. The Balaban J connectivity index is 1.36. The highest BCUT2D eigenvalue weighted by atomic mass is 16.4. The molecule has 142 valence electrons. The van der Waals surface area contributed by atoms with Crippen LogP contribution in [0.2, 0.25) is 0 Å². The van der Waals surface area contributed by atoms with Crippen molar-refractivity contribution in [1.29, 1.82) is 0 Å². The minimum atomic E-state index is -0.666. The summed E-state index contributed by atoms with van der Waals surface area (Å²) in [6.07, 6.45) is 5.96. The summed E-state index contributed by atoms with van der Waals surface area (Å²) in [5.41, 5.74) is 2.41. The van der Waals surface area contributed by atoms with E-state index in [2.05, 4.69) is 33.0 Å². The van der Waals surface area contributed by atoms with Crippen LogP contribution in [0.15, 0.2) is 54.9 Å². The van der Waals surface area contributed by atoms with Gasteiger partial charge < -0.3 is 5.11 Å². The largest absolute Gasteiger partial charge is 0.481 e. The summed E-state index contributed by atoms with van der Waals surface area (Å²) in [5.74, 6) is -0.877. The molecule has 0 radical (unpaired) electrons. The number of carbonyl (C=O) groups is 1. The minimum Gasteiger partial charge on any atom is -0.481 e. The molecule has 2 aliphatic rings. The lowest BCUT2D eigenvalue weighted by Gasteiger charge is -2.36. The van der Waals surface area contributed by atoms with Crippen molar-refractivity contribution in [3.63, 3.8) is 0 Å². The third-order valence-corrected chi connectivity index (χ3v) is 6.10. The summed E-state index contributed by atoms with van der Waals surface area (Å²) in [6, 6.07) is 14.8. The molecule has 0 unspecified atom stereocenters. The van der Waals surface area contributed by atoms with Crippen molar-refractivity contribution in [3.8, 4) is 0 Å². The van der Waals surface area contributed by atoms with Crippen LogP contribution in [0.4, 0.5) is 0 Å². The van der Waals surface area contributed by atoms with E-state index >= 15 is 0 Å². The van der Waals surface area contributed by atoms with Crippen molar-refractivity contribution >= 4 is 5.97 Å². The molecule has 0 saturated carbocycles. The number of benzene rings is 1. The van der Waals surface area contributed by atoms with Crippen molar-refractivity contribution in [1.82, 2.24) is 14.8 Å². The van der Waals surface area contributed by atoms with Gasteiger partial charge in [0.2, 0.25) is 0 Å². The fourth-order valence-electron chi connectivity index (χ4n) is 4.61. The first-order valence-corrected chi connectivity index (χ1v) is 9.84. The molecule has 0 amide bonds. The zero-order valence-corrected chi connectivity index (χ0v) is 15.6. The number of hydrogen-bond acceptors (Lipinski definition) is 4. The topological polar surface area (TPSA) is 56.7 Å². The standard InChI is InChI=1S/C22H27N3O2/c26-22(27)21-16-25(15-20(21)18-6-2-1-3-7-18)19-8-11-24(12-9-19)14-17-5-4-10-23-13-17/h1-7,10,13,19-21H,8-9,11-12,14-16H2,(H,26,27)/t20-,21+/m0/s1. The van der Waals surface area contributed by atoms with Crippen LogP contribution in [0.3, 0.4) is 0 Å². The first kappa shape index (κ1) is 18.1. The molecule has 3 heterocycles. The van der Waals surface area contributed by atoms with E-state index in [9.17, 15) is 9.90 Å². The van der Waals surface area contributed by atoms with Crippen molar-refractivity contribution in [2.75, 3.05) is 26.2 Å². The Labute approximate surface area is 160 Å². The monoisotopic (exact) mass is 365 g/mol. The number of aromatic nitrogens is 1. The van der Waals surface area contributed by atoms with Crippen LogP contribution in [0, 0.1) is 5.92 Å². The van der Waals surface area contributed by atoms with Gasteiger partial charge in [0.1, 0.15) is 0 Å². The van der Waals surface area contributed by atoms with E-state index in [1.807, 2.05) is 36.7 Å². The number of aliphatic carboxylic acids is 1. The van der Waals surface area contributed by atoms with E-state index < -0.39 is 5.97 Å². The zero-order chi connectivity index (χ0) is 18.6. The van der Waals surface area contributed by atoms with Crippen LogP contribution in [0.1, 0.15) is 29.9 Å². The van der Waals surface area contributed by atoms with Gasteiger partial charge in [-0.05, 0) is 43.1 Å². The van der Waals surface area contributed by atoms with Gasteiger partial charge in [-0.25, -0.2) is 0 Å². The highest BCUT2D eigenvalue weighted by molar-refractivity contribution is 5.72. The van der Waals surface area contributed by atoms with Gasteiger partial charge >= 0.3 is 5.97 Å². The van der Waals surface area contributed by atoms with Crippen molar-refractivity contribution in [2.45, 2.75) is 31.3 Å². The average Bonchev–Trinajstić information content (AvgIpc) is 3.16. The van der Waals surface area contributed by atoms with E-state index in [1.54, 1.807) is 0 Å². The molecular weight excluding hydrogens is 338 g/mol. The normalized spacial score (nSPS) is 24.9. The minimum absolute atomic E-state index is 0.0946. The molecule has 27 heavy (non-hydrogen) atoms. The Kier molecular flexibility index (Phi) is 5.50. The van der Waals surface area contributed by atoms with E-state index in [1.165, 1.54) is 5.56 Å². The quantitative estimate of drug-likeness (QED) is 0.883. The fraction of sp³-hybridized carbons (Fsp3) is 0.455. The number of rotatable bonds is 5. The molecule has 2 saturated heterocycles. The summed E-state index contributed by atoms with van der Waals surface area (Å²) in [4.78, 5) is 20.9. The van der Waals surface area contributed by atoms with E-state index in [4.69, 9.17) is 0 Å². The number of hydrogen-bond donors (Lipinski definition) is 1. The summed E-state index contributed by atoms with van der Waals surface area (Å²) in [7, 11) is 0. The molecular formula is C22H27N3O2. The lowest BCUT2D eigenvalue weighted by atomic mass is 9.89. The first-order chi connectivity index (χ1) is 13.2. The van der Waals surface area contributed by atoms with Gasteiger partial charge in [0, 0.05) is 44.0 Å². The molecule has 1 aromatic heterocycles.